The van der Waals surface area contributed by atoms with Gasteiger partial charge in [-0.3, -0.25) is 0 Å². The summed E-state index contributed by atoms with van der Waals surface area (Å²) in [6.07, 6.45) is 1.12. The molecular formula is C16H17BrN4. The van der Waals surface area contributed by atoms with Crippen LogP contribution in [0, 0.1) is 0 Å². The van der Waals surface area contributed by atoms with Gasteiger partial charge in [0.15, 0.2) is 0 Å². The average molecular weight is 345 g/mol. The molecule has 0 aliphatic carbocycles. The van der Waals surface area contributed by atoms with Crippen molar-refractivity contribution in [2.75, 3.05) is 6.54 Å². The second-order valence-corrected chi connectivity index (χ2v) is 5.86. The van der Waals surface area contributed by atoms with Crippen molar-refractivity contribution in [1.29, 1.82) is 0 Å². The standard InChI is InChI=1S/C16H17BrN4/c1-2-9-18-11-12-7-8-13(17)10-16(12)21-15-6-4-3-5-14(15)19-20-21/h3-8,10,18H,2,9,11H2,1H3. The summed E-state index contributed by atoms with van der Waals surface area (Å²) < 4.78 is 2.94. The van der Waals surface area contributed by atoms with E-state index in [0.29, 0.717) is 0 Å². The first-order valence-electron chi connectivity index (χ1n) is 7.09. The van der Waals surface area contributed by atoms with Crippen molar-refractivity contribution in [2.45, 2.75) is 19.9 Å². The van der Waals surface area contributed by atoms with Gasteiger partial charge in [-0.2, -0.15) is 0 Å². The van der Waals surface area contributed by atoms with Crippen molar-refractivity contribution in [2.24, 2.45) is 0 Å². The van der Waals surface area contributed by atoms with Crippen LogP contribution in [0.3, 0.4) is 0 Å². The van der Waals surface area contributed by atoms with E-state index in [1.54, 1.807) is 0 Å². The van der Waals surface area contributed by atoms with Gasteiger partial charge in [0, 0.05) is 11.0 Å². The van der Waals surface area contributed by atoms with E-state index in [-0.39, 0.29) is 0 Å². The molecule has 5 heteroatoms. The molecule has 1 heterocycles. The van der Waals surface area contributed by atoms with Gasteiger partial charge in [-0.05, 0) is 42.8 Å². The molecule has 0 aliphatic rings. The molecule has 0 radical (unpaired) electrons. The summed E-state index contributed by atoms with van der Waals surface area (Å²) in [5, 5.41) is 12.0. The number of aromatic nitrogens is 3. The Morgan fingerprint density at radius 2 is 2.05 bits per heavy atom. The second kappa shape index (κ2) is 6.37. The average Bonchev–Trinajstić information content (AvgIpc) is 2.93. The Labute approximate surface area is 132 Å². The fourth-order valence-electron chi connectivity index (χ4n) is 2.33. The lowest BCUT2D eigenvalue weighted by atomic mass is 10.1. The Hall–Kier alpha value is -1.72. The summed E-state index contributed by atoms with van der Waals surface area (Å²) in [4.78, 5) is 0. The van der Waals surface area contributed by atoms with Gasteiger partial charge in [-0.15, -0.1) is 5.10 Å². The van der Waals surface area contributed by atoms with Crippen LogP contribution < -0.4 is 5.32 Å². The molecule has 2 aromatic carbocycles. The lowest BCUT2D eigenvalue weighted by molar-refractivity contribution is 0.669. The minimum absolute atomic E-state index is 0.824. The van der Waals surface area contributed by atoms with Crippen molar-refractivity contribution in [3.05, 3.63) is 52.5 Å². The highest BCUT2D eigenvalue weighted by atomic mass is 79.9. The van der Waals surface area contributed by atoms with E-state index in [1.807, 2.05) is 28.9 Å². The summed E-state index contributed by atoms with van der Waals surface area (Å²) in [5.74, 6) is 0. The van der Waals surface area contributed by atoms with Crippen LogP contribution in [0.25, 0.3) is 16.7 Å². The molecule has 0 saturated heterocycles. The van der Waals surface area contributed by atoms with Crippen LogP contribution in [0.1, 0.15) is 18.9 Å². The molecule has 4 nitrogen and oxygen atoms in total. The van der Waals surface area contributed by atoms with Gasteiger partial charge < -0.3 is 5.32 Å². The number of para-hydroxylation sites is 1. The molecule has 1 aromatic heterocycles. The fourth-order valence-corrected chi connectivity index (χ4v) is 2.68. The Morgan fingerprint density at radius 3 is 2.90 bits per heavy atom. The zero-order chi connectivity index (χ0) is 14.7. The van der Waals surface area contributed by atoms with Crippen molar-refractivity contribution < 1.29 is 0 Å². The minimum Gasteiger partial charge on any atom is -0.313 e. The van der Waals surface area contributed by atoms with Gasteiger partial charge in [0.05, 0.1) is 11.2 Å². The summed E-state index contributed by atoms with van der Waals surface area (Å²) in [6.45, 7) is 4.00. The molecule has 108 valence electrons. The number of rotatable bonds is 5. The number of benzene rings is 2. The predicted molar refractivity (Wildman–Crippen MR) is 88.6 cm³/mol. The lowest BCUT2D eigenvalue weighted by Gasteiger charge is -2.11. The number of halogens is 1. The molecule has 0 bridgehead atoms. The van der Waals surface area contributed by atoms with Crippen LogP contribution in [0.5, 0.6) is 0 Å². The normalized spacial score (nSPS) is 11.1. The number of nitrogens with one attached hydrogen (secondary N) is 1. The van der Waals surface area contributed by atoms with Crippen LogP contribution in [-0.2, 0) is 6.54 Å². The largest absolute Gasteiger partial charge is 0.313 e. The monoisotopic (exact) mass is 344 g/mol. The molecule has 3 aromatic rings. The third kappa shape index (κ3) is 2.99. The number of hydrogen-bond donors (Lipinski definition) is 1. The third-order valence-corrected chi connectivity index (χ3v) is 3.86. The Balaban J connectivity index is 2.05. The molecule has 0 fully saturated rings. The number of hydrogen-bond acceptors (Lipinski definition) is 3. The molecule has 1 N–H and O–H groups in total. The molecule has 0 aliphatic heterocycles. The quantitative estimate of drug-likeness (QED) is 0.718. The first-order chi connectivity index (χ1) is 10.3. The lowest BCUT2D eigenvalue weighted by Crippen LogP contribution is -2.15. The molecular weight excluding hydrogens is 328 g/mol. The second-order valence-electron chi connectivity index (χ2n) is 4.94. The van der Waals surface area contributed by atoms with E-state index in [0.717, 1.165) is 40.7 Å². The van der Waals surface area contributed by atoms with E-state index in [1.165, 1.54) is 5.56 Å². The molecule has 0 saturated carbocycles. The van der Waals surface area contributed by atoms with Crippen molar-refractivity contribution in [3.63, 3.8) is 0 Å². The topological polar surface area (TPSA) is 42.7 Å². The molecule has 3 rings (SSSR count). The van der Waals surface area contributed by atoms with Crippen LogP contribution in [0.2, 0.25) is 0 Å². The summed E-state index contributed by atoms with van der Waals surface area (Å²) in [6, 6.07) is 14.3. The van der Waals surface area contributed by atoms with E-state index in [9.17, 15) is 0 Å². The van der Waals surface area contributed by atoms with E-state index in [2.05, 4.69) is 56.7 Å². The highest BCUT2D eigenvalue weighted by Crippen LogP contribution is 2.23. The molecule has 0 atom stereocenters. The summed E-state index contributed by atoms with van der Waals surface area (Å²) in [5.41, 5.74) is 4.20. The highest BCUT2D eigenvalue weighted by Gasteiger charge is 2.10. The van der Waals surface area contributed by atoms with Crippen molar-refractivity contribution >= 4 is 27.0 Å². The van der Waals surface area contributed by atoms with Crippen LogP contribution in [0.15, 0.2) is 46.9 Å². The maximum absolute atomic E-state index is 4.31. The summed E-state index contributed by atoms with van der Waals surface area (Å²) >= 11 is 3.55. The van der Waals surface area contributed by atoms with Crippen molar-refractivity contribution in [3.8, 4) is 5.69 Å². The molecule has 21 heavy (non-hydrogen) atoms. The van der Waals surface area contributed by atoms with E-state index >= 15 is 0 Å². The molecule has 0 amide bonds. The van der Waals surface area contributed by atoms with Gasteiger partial charge >= 0.3 is 0 Å². The molecule has 0 spiro atoms. The van der Waals surface area contributed by atoms with Crippen LogP contribution >= 0.6 is 15.9 Å². The SMILES string of the molecule is CCCNCc1ccc(Br)cc1-n1nnc2ccccc21. The van der Waals surface area contributed by atoms with Crippen LogP contribution in [0.4, 0.5) is 0 Å². The van der Waals surface area contributed by atoms with E-state index in [4.69, 9.17) is 0 Å². The zero-order valence-electron chi connectivity index (χ0n) is 11.9. The van der Waals surface area contributed by atoms with Gasteiger partial charge in [0.2, 0.25) is 0 Å². The highest BCUT2D eigenvalue weighted by molar-refractivity contribution is 9.10. The fraction of sp³-hybridized carbons (Fsp3) is 0.250. The first-order valence-corrected chi connectivity index (χ1v) is 7.89. The van der Waals surface area contributed by atoms with Crippen LogP contribution in [-0.4, -0.2) is 21.5 Å². The van der Waals surface area contributed by atoms with E-state index < -0.39 is 0 Å². The number of nitrogens with zero attached hydrogens (tertiary/aromatic N) is 3. The first kappa shape index (κ1) is 14.2. The third-order valence-electron chi connectivity index (χ3n) is 3.37. The Morgan fingerprint density at radius 1 is 1.19 bits per heavy atom. The Kier molecular flexibility index (Phi) is 4.31. The molecule has 0 unspecified atom stereocenters. The maximum Gasteiger partial charge on any atom is 0.113 e. The van der Waals surface area contributed by atoms with Crippen molar-refractivity contribution in [1.82, 2.24) is 20.3 Å². The predicted octanol–water partition coefficient (Wildman–Crippen LogP) is 3.68. The smallest absolute Gasteiger partial charge is 0.113 e. The van der Waals surface area contributed by atoms with Gasteiger partial charge in [-0.25, -0.2) is 4.68 Å². The Bertz CT molecular complexity index is 751. The minimum atomic E-state index is 0.824. The summed E-state index contributed by atoms with van der Waals surface area (Å²) in [7, 11) is 0. The zero-order valence-corrected chi connectivity index (χ0v) is 13.5. The van der Waals surface area contributed by atoms with Gasteiger partial charge in [0.25, 0.3) is 0 Å². The maximum atomic E-state index is 4.31. The number of fused-ring (bicyclic) bond motifs is 1. The van der Waals surface area contributed by atoms with Gasteiger partial charge in [-0.1, -0.05) is 46.3 Å². The van der Waals surface area contributed by atoms with Gasteiger partial charge in [0.1, 0.15) is 5.52 Å².